The number of hydrogen-bond acceptors (Lipinski definition) is 3. The highest BCUT2D eigenvalue weighted by molar-refractivity contribution is 5.76. The van der Waals surface area contributed by atoms with Crippen molar-refractivity contribution < 1.29 is 4.79 Å². The van der Waals surface area contributed by atoms with Gasteiger partial charge in [-0.2, -0.15) is 5.10 Å². The summed E-state index contributed by atoms with van der Waals surface area (Å²) in [5.74, 6) is 3.83. The lowest BCUT2D eigenvalue weighted by atomic mass is 9.79. The molecule has 5 atom stereocenters. The van der Waals surface area contributed by atoms with E-state index in [4.69, 9.17) is 0 Å². The van der Waals surface area contributed by atoms with Gasteiger partial charge in [-0.25, -0.2) is 4.98 Å². The third-order valence-corrected chi connectivity index (χ3v) is 6.03. The van der Waals surface area contributed by atoms with Gasteiger partial charge in [0.15, 0.2) is 0 Å². The third kappa shape index (κ3) is 2.47. The number of aryl methyl sites for hydroxylation is 1. The summed E-state index contributed by atoms with van der Waals surface area (Å²) in [6.45, 7) is 0.773. The molecule has 0 aliphatic heterocycles. The van der Waals surface area contributed by atoms with Crippen LogP contribution in [0, 0.1) is 23.7 Å². The lowest BCUT2D eigenvalue weighted by Crippen LogP contribution is -2.42. The van der Waals surface area contributed by atoms with E-state index in [1.807, 2.05) is 0 Å². The van der Waals surface area contributed by atoms with Gasteiger partial charge in [0.2, 0.25) is 5.91 Å². The third-order valence-electron chi connectivity index (χ3n) is 6.03. The van der Waals surface area contributed by atoms with E-state index in [2.05, 4.69) is 15.4 Å². The minimum atomic E-state index is 0.224. The maximum atomic E-state index is 12.1. The van der Waals surface area contributed by atoms with Gasteiger partial charge >= 0.3 is 0 Å². The minimum Gasteiger partial charge on any atom is -0.353 e. The van der Waals surface area contributed by atoms with Crippen molar-refractivity contribution in [2.75, 3.05) is 0 Å². The molecule has 5 heteroatoms. The molecule has 114 valence electrons. The summed E-state index contributed by atoms with van der Waals surface area (Å²) in [6.07, 6.45) is 11.6. The van der Waals surface area contributed by atoms with Crippen LogP contribution in [0.1, 0.15) is 44.9 Å². The summed E-state index contributed by atoms with van der Waals surface area (Å²) in [7, 11) is 0. The van der Waals surface area contributed by atoms with Gasteiger partial charge in [-0.1, -0.05) is 6.42 Å². The van der Waals surface area contributed by atoms with Crippen molar-refractivity contribution in [3.8, 4) is 0 Å². The Kier molecular flexibility index (Phi) is 3.43. The number of nitrogens with one attached hydrogen (secondary N) is 1. The molecule has 3 saturated carbocycles. The molecule has 5 nitrogen and oxygen atoms in total. The maximum absolute atomic E-state index is 12.1. The number of rotatable bonds is 5. The molecule has 1 aromatic rings. The first kappa shape index (κ1) is 13.3. The molecule has 1 amide bonds. The highest BCUT2D eigenvalue weighted by atomic mass is 16.1. The van der Waals surface area contributed by atoms with Gasteiger partial charge in [-0.05, 0) is 55.8 Å². The Labute approximate surface area is 125 Å². The van der Waals surface area contributed by atoms with Crippen LogP contribution in [0.2, 0.25) is 0 Å². The Hall–Kier alpha value is -1.39. The monoisotopic (exact) mass is 288 g/mol. The summed E-state index contributed by atoms with van der Waals surface area (Å²) in [6, 6.07) is 0.466. The van der Waals surface area contributed by atoms with Crippen LogP contribution in [0.5, 0.6) is 0 Å². The van der Waals surface area contributed by atoms with Crippen LogP contribution in [0.4, 0.5) is 0 Å². The molecule has 1 N–H and O–H groups in total. The van der Waals surface area contributed by atoms with E-state index in [1.165, 1.54) is 38.4 Å². The van der Waals surface area contributed by atoms with Crippen molar-refractivity contribution in [2.45, 2.75) is 57.5 Å². The molecule has 0 spiro atoms. The Morgan fingerprint density at radius 2 is 2.14 bits per heavy atom. The van der Waals surface area contributed by atoms with E-state index in [-0.39, 0.29) is 5.91 Å². The molecule has 4 rings (SSSR count). The molecule has 3 aliphatic rings. The van der Waals surface area contributed by atoms with Crippen LogP contribution >= 0.6 is 0 Å². The second kappa shape index (κ2) is 5.43. The van der Waals surface area contributed by atoms with Crippen LogP contribution in [-0.2, 0) is 11.3 Å². The fourth-order valence-corrected chi connectivity index (χ4v) is 5.26. The van der Waals surface area contributed by atoms with Crippen molar-refractivity contribution in [1.29, 1.82) is 0 Å². The molecular formula is C16H24N4O. The van der Waals surface area contributed by atoms with E-state index in [1.54, 1.807) is 11.0 Å². The van der Waals surface area contributed by atoms with Crippen LogP contribution in [0.15, 0.2) is 12.7 Å². The first-order chi connectivity index (χ1) is 10.3. The molecule has 0 radical (unpaired) electrons. The normalized spacial score (nSPS) is 36.9. The second-order valence-electron chi connectivity index (χ2n) is 7.09. The first-order valence-electron chi connectivity index (χ1n) is 8.43. The number of fused-ring (bicyclic) bond motifs is 5. The Bertz CT molecular complexity index is 500. The van der Waals surface area contributed by atoms with E-state index in [0.717, 1.165) is 36.6 Å². The summed E-state index contributed by atoms with van der Waals surface area (Å²) in [5, 5.41) is 7.38. The smallest absolute Gasteiger partial charge is 0.220 e. The zero-order valence-corrected chi connectivity index (χ0v) is 12.4. The van der Waals surface area contributed by atoms with Crippen molar-refractivity contribution in [1.82, 2.24) is 20.1 Å². The van der Waals surface area contributed by atoms with Gasteiger partial charge in [-0.3, -0.25) is 9.48 Å². The molecular weight excluding hydrogens is 264 g/mol. The van der Waals surface area contributed by atoms with Gasteiger partial charge in [-0.15, -0.1) is 0 Å². The standard InChI is InChI=1S/C16H24N4O/c21-16(5-2-6-20-10-17-9-18-20)19-15-8-11-7-14(15)13-4-1-3-12(11)13/h9-15H,1-8H2,(H,19,21). The Morgan fingerprint density at radius 3 is 3.00 bits per heavy atom. The van der Waals surface area contributed by atoms with Gasteiger partial charge in [0.05, 0.1) is 0 Å². The second-order valence-corrected chi connectivity index (χ2v) is 7.09. The molecule has 21 heavy (non-hydrogen) atoms. The molecule has 3 aliphatic carbocycles. The average Bonchev–Trinajstić information content (AvgIpc) is 3.21. The number of aromatic nitrogens is 3. The van der Waals surface area contributed by atoms with Gasteiger partial charge in [0, 0.05) is 19.0 Å². The predicted molar refractivity (Wildman–Crippen MR) is 78.2 cm³/mol. The van der Waals surface area contributed by atoms with Gasteiger partial charge in [0.25, 0.3) is 0 Å². The summed E-state index contributed by atoms with van der Waals surface area (Å²) in [4.78, 5) is 16.1. The molecule has 1 heterocycles. The summed E-state index contributed by atoms with van der Waals surface area (Å²) < 4.78 is 1.79. The van der Waals surface area contributed by atoms with Gasteiger partial charge in [0.1, 0.15) is 12.7 Å². The minimum absolute atomic E-state index is 0.224. The van der Waals surface area contributed by atoms with Crippen LogP contribution in [0.3, 0.4) is 0 Å². The zero-order valence-electron chi connectivity index (χ0n) is 12.4. The molecule has 2 bridgehead atoms. The predicted octanol–water partition coefficient (Wildman–Crippen LogP) is 2.00. The van der Waals surface area contributed by atoms with E-state index in [0.29, 0.717) is 12.5 Å². The quantitative estimate of drug-likeness (QED) is 0.901. The first-order valence-corrected chi connectivity index (χ1v) is 8.43. The zero-order chi connectivity index (χ0) is 14.2. The number of carbonyl (C=O) groups excluding carboxylic acids is 1. The maximum Gasteiger partial charge on any atom is 0.220 e. The number of nitrogens with zero attached hydrogens (tertiary/aromatic N) is 3. The van der Waals surface area contributed by atoms with Crippen molar-refractivity contribution in [2.24, 2.45) is 23.7 Å². The highest BCUT2D eigenvalue weighted by Crippen LogP contribution is 2.58. The lowest BCUT2D eigenvalue weighted by Gasteiger charge is -2.32. The molecule has 1 aromatic heterocycles. The van der Waals surface area contributed by atoms with Crippen molar-refractivity contribution in [3.63, 3.8) is 0 Å². The number of amides is 1. The Morgan fingerprint density at radius 1 is 1.24 bits per heavy atom. The molecule has 3 fully saturated rings. The van der Waals surface area contributed by atoms with Crippen LogP contribution in [0.25, 0.3) is 0 Å². The van der Waals surface area contributed by atoms with E-state index >= 15 is 0 Å². The fraction of sp³-hybridized carbons (Fsp3) is 0.812. The summed E-state index contributed by atoms with van der Waals surface area (Å²) in [5.41, 5.74) is 0. The lowest BCUT2D eigenvalue weighted by molar-refractivity contribution is -0.122. The molecule has 0 saturated heterocycles. The number of carbonyl (C=O) groups is 1. The van der Waals surface area contributed by atoms with Gasteiger partial charge < -0.3 is 5.32 Å². The fourth-order valence-electron chi connectivity index (χ4n) is 5.26. The van der Waals surface area contributed by atoms with E-state index in [9.17, 15) is 4.79 Å². The Balaban J connectivity index is 1.24. The van der Waals surface area contributed by atoms with Crippen molar-refractivity contribution >= 4 is 5.91 Å². The average molecular weight is 288 g/mol. The number of hydrogen-bond donors (Lipinski definition) is 1. The summed E-state index contributed by atoms with van der Waals surface area (Å²) >= 11 is 0. The van der Waals surface area contributed by atoms with Crippen molar-refractivity contribution in [3.05, 3.63) is 12.7 Å². The largest absolute Gasteiger partial charge is 0.353 e. The van der Waals surface area contributed by atoms with Crippen LogP contribution in [-0.4, -0.2) is 26.7 Å². The van der Waals surface area contributed by atoms with E-state index < -0.39 is 0 Å². The topological polar surface area (TPSA) is 59.8 Å². The van der Waals surface area contributed by atoms with Crippen LogP contribution < -0.4 is 5.32 Å². The SMILES string of the molecule is O=C(CCCn1cncn1)NC1CC2CC1C1CCCC21. The molecule has 0 aromatic carbocycles. The molecule has 5 unspecified atom stereocenters. The highest BCUT2D eigenvalue weighted by Gasteiger charge is 2.53.